The van der Waals surface area contributed by atoms with Crippen molar-refractivity contribution in [2.45, 2.75) is 13.5 Å². The van der Waals surface area contributed by atoms with E-state index in [0.717, 1.165) is 22.3 Å². The first-order chi connectivity index (χ1) is 9.99. The predicted molar refractivity (Wildman–Crippen MR) is 81.0 cm³/mol. The lowest BCUT2D eigenvalue weighted by atomic mass is 10.1. The summed E-state index contributed by atoms with van der Waals surface area (Å²) in [6, 6.07) is 7.07. The maximum atomic E-state index is 11.2. The van der Waals surface area contributed by atoms with Gasteiger partial charge >= 0.3 is 5.97 Å². The van der Waals surface area contributed by atoms with Gasteiger partial charge in [0.05, 0.1) is 28.5 Å². The van der Waals surface area contributed by atoms with Crippen LogP contribution in [-0.2, 0) is 13.6 Å². The number of hydrogen-bond donors (Lipinski definition) is 1. The molecule has 5 nitrogen and oxygen atoms in total. The van der Waals surface area contributed by atoms with Gasteiger partial charge in [-0.1, -0.05) is 17.7 Å². The molecule has 3 aromatic rings. The zero-order chi connectivity index (χ0) is 15.1. The zero-order valence-corrected chi connectivity index (χ0v) is 12.4. The molecule has 3 rings (SSSR count). The Balaban J connectivity index is 2.10. The highest BCUT2D eigenvalue weighted by molar-refractivity contribution is 6.31. The highest BCUT2D eigenvalue weighted by atomic mass is 35.5. The van der Waals surface area contributed by atoms with Crippen molar-refractivity contribution in [1.82, 2.24) is 14.3 Å². The zero-order valence-electron chi connectivity index (χ0n) is 11.7. The van der Waals surface area contributed by atoms with Gasteiger partial charge in [-0.3, -0.25) is 4.68 Å². The minimum atomic E-state index is -0.923. The lowest BCUT2D eigenvalue weighted by Gasteiger charge is -2.07. The highest BCUT2D eigenvalue weighted by Gasteiger charge is 2.14. The Labute approximate surface area is 126 Å². The molecule has 0 fully saturated rings. The van der Waals surface area contributed by atoms with Gasteiger partial charge in [0.1, 0.15) is 0 Å². The van der Waals surface area contributed by atoms with E-state index in [0.29, 0.717) is 17.1 Å². The molecule has 0 aliphatic heterocycles. The lowest BCUT2D eigenvalue weighted by molar-refractivity contribution is 0.0699. The molecule has 108 valence electrons. The summed E-state index contributed by atoms with van der Waals surface area (Å²) in [5.41, 5.74) is 2.85. The molecule has 0 atom stereocenters. The molecule has 0 radical (unpaired) electrons. The molecule has 2 heterocycles. The van der Waals surface area contributed by atoms with Gasteiger partial charge in [-0.25, -0.2) is 4.79 Å². The Kier molecular flexibility index (Phi) is 3.22. The summed E-state index contributed by atoms with van der Waals surface area (Å²) in [5.74, 6) is -0.923. The van der Waals surface area contributed by atoms with Gasteiger partial charge in [0.25, 0.3) is 0 Å². The maximum Gasteiger partial charge on any atom is 0.336 e. The van der Waals surface area contributed by atoms with Crippen LogP contribution in [0.3, 0.4) is 0 Å². The number of carboxylic acid groups (broad SMARTS) is 1. The second-order valence-corrected chi connectivity index (χ2v) is 5.33. The molecule has 2 aromatic heterocycles. The number of halogens is 1. The summed E-state index contributed by atoms with van der Waals surface area (Å²) in [7, 11) is 1.85. The van der Waals surface area contributed by atoms with Crippen molar-refractivity contribution in [1.29, 1.82) is 0 Å². The molecule has 0 aliphatic rings. The molecule has 6 heteroatoms. The summed E-state index contributed by atoms with van der Waals surface area (Å²) in [6.07, 6.45) is 1.87. The maximum absolute atomic E-state index is 11.2. The third-order valence-electron chi connectivity index (χ3n) is 3.63. The van der Waals surface area contributed by atoms with Crippen LogP contribution in [0.15, 0.2) is 30.5 Å². The van der Waals surface area contributed by atoms with E-state index in [1.165, 1.54) is 0 Å². The number of aromatic nitrogens is 3. The van der Waals surface area contributed by atoms with Crippen molar-refractivity contribution in [3.63, 3.8) is 0 Å². The summed E-state index contributed by atoms with van der Waals surface area (Å²) >= 11 is 6.27. The normalized spacial score (nSPS) is 11.2. The van der Waals surface area contributed by atoms with Gasteiger partial charge in [0, 0.05) is 24.1 Å². The lowest BCUT2D eigenvalue weighted by Crippen LogP contribution is -2.05. The molecular formula is C15H14ClN3O2. The molecular weight excluding hydrogens is 290 g/mol. The SMILES string of the molecule is Cc1nn(C)c(Cn2ccc3c(C(=O)O)cccc32)c1Cl. The first-order valence-corrected chi connectivity index (χ1v) is 6.86. The molecule has 0 spiro atoms. The number of carboxylic acids is 1. The van der Waals surface area contributed by atoms with Crippen LogP contribution in [0.4, 0.5) is 0 Å². The Hall–Kier alpha value is -2.27. The van der Waals surface area contributed by atoms with Gasteiger partial charge < -0.3 is 9.67 Å². The van der Waals surface area contributed by atoms with E-state index in [2.05, 4.69) is 5.10 Å². The van der Waals surface area contributed by atoms with Gasteiger partial charge in [0.2, 0.25) is 0 Å². The minimum absolute atomic E-state index is 0.304. The largest absolute Gasteiger partial charge is 0.478 e. The van der Waals surface area contributed by atoms with Crippen LogP contribution >= 0.6 is 11.6 Å². The van der Waals surface area contributed by atoms with Crippen LogP contribution in [0, 0.1) is 6.92 Å². The van der Waals surface area contributed by atoms with E-state index in [4.69, 9.17) is 11.6 Å². The van der Waals surface area contributed by atoms with E-state index in [1.807, 2.05) is 36.9 Å². The van der Waals surface area contributed by atoms with Crippen molar-refractivity contribution < 1.29 is 9.90 Å². The second kappa shape index (κ2) is 4.93. The first-order valence-electron chi connectivity index (χ1n) is 6.48. The fourth-order valence-corrected chi connectivity index (χ4v) is 2.78. The fourth-order valence-electron chi connectivity index (χ4n) is 2.56. The van der Waals surface area contributed by atoms with E-state index < -0.39 is 5.97 Å². The molecule has 1 aromatic carbocycles. The average molecular weight is 304 g/mol. The molecule has 0 amide bonds. The number of hydrogen-bond acceptors (Lipinski definition) is 2. The van der Waals surface area contributed by atoms with Crippen molar-refractivity contribution >= 4 is 28.5 Å². The molecule has 0 saturated heterocycles. The third-order valence-corrected chi connectivity index (χ3v) is 4.12. The van der Waals surface area contributed by atoms with E-state index >= 15 is 0 Å². The Bertz CT molecular complexity index is 848. The van der Waals surface area contributed by atoms with E-state index in [1.54, 1.807) is 16.8 Å². The summed E-state index contributed by atoms with van der Waals surface area (Å²) in [4.78, 5) is 11.2. The van der Waals surface area contributed by atoms with Gasteiger partial charge in [0.15, 0.2) is 0 Å². The van der Waals surface area contributed by atoms with Crippen LogP contribution in [0.5, 0.6) is 0 Å². The van der Waals surface area contributed by atoms with Gasteiger partial charge in [-0.2, -0.15) is 5.10 Å². The molecule has 1 N–H and O–H groups in total. The fraction of sp³-hybridized carbons (Fsp3) is 0.200. The van der Waals surface area contributed by atoms with Crippen LogP contribution in [0.25, 0.3) is 10.9 Å². The minimum Gasteiger partial charge on any atom is -0.478 e. The van der Waals surface area contributed by atoms with E-state index in [-0.39, 0.29) is 0 Å². The number of aryl methyl sites for hydroxylation is 2. The first kappa shape index (κ1) is 13.7. The molecule has 0 aliphatic carbocycles. The van der Waals surface area contributed by atoms with Crippen LogP contribution < -0.4 is 0 Å². The monoisotopic (exact) mass is 303 g/mol. The Morgan fingerprint density at radius 2 is 2.14 bits per heavy atom. The Morgan fingerprint density at radius 3 is 2.76 bits per heavy atom. The molecule has 0 unspecified atom stereocenters. The highest BCUT2D eigenvalue weighted by Crippen LogP contribution is 2.24. The van der Waals surface area contributed by atoms with Crippen molar-refractivity contribution in [3.8, 4) is 0 Å². The van der Waals surface area contributed by atoms with Crippen molar-refractivity contribution in [3.05, 3.63) is 52.4 Å². The predicted octanol–water partition coefficient (Wildman–Crippen LogP) is 3.08. The summed E-state index contributed by atoms with van der Waals surface area (Å²) in [6.45, 7) is 2.41. The summed E-state index contributed by atoms with van der Waals surface area (Å²) in [5, 5.41) is 14.9. The number of nitrogens with zero attached hydrogens (tertiary/aromatic N) is 3. The Morgan fingerprint density at radius 1 is 1.38 bits per heavy atom. The standard InChI is InChI=1S/C15H14ClN3O2/c1-9-14(16)13(18(2)17-9)8-19-7-6-10-11(15(20)21)4-3-5-12(10)19/h3-7H,8H2,1-2H3,(H,20,21). The number of rotatable bonds is 3. The molecule has 0 bridgehead atoms. The number of fused-ring (bicyclic) bond motifs is 1. The number of aromatic carboxylic acids is 1. The summed E-state index contributed by atoms with van der Waals surface area (Å²) < 4.78 is 3.73. The van der Waals surface area contributed by atoms with E-state index in [9.17, 15) is 9.90 Å². The smallest absolute Gasteiger partial charge is 0.336 e. The van der Waals surface area contributed by atoms with Crippen LogP contribution in [-0.4, -0.2) is 25.4 Å². The van der Waals surface area contributed by atoms with Gasteiger partial charge in [-0.15, -0.1) is 0 Å². The topological polar surface area (TPSA) is 60.0 Å². The second-order valence-electron chi connectivity index (χ2n) is 4.96. The average Bonchev–Trinajstić information content (AvgIpc) is 2.95. The molecule has 21 heavy (non-hydrogen) atoms. The van der Waals surface area contributed by atoms with Crippen molar-refractivity contribution in [2.24, 2.45) is 7.05 Å². The van der Waals surface area contributed by atoms with Crippen molar-refractivity contribution in [2.75, 3.05) is 0 Å². The number of benzene rings is 1. The number of carbonyl (C=O) groups is 1. The van der Waals surface area contributed by atoms with Crippen LogP contribution in [0.1, 0.15) is 21.7 Å². The van der Waals surface area contributed by atoms with Gasteiger partial charge in [-0.05, 0) is 25.1 Å². The quantitative estimate of drug-likeness (QED) is 0.809. The third kappa shape index (κ3) is 2.19. The molecule has 0 saturated carbocycles. The van der Waals surface area contributed by atoms with Crippen LogP contribution in [0.2, 0.25) is 5.02 Å².